The van der Waals surface area contributed by atoms with Gasteiger partial charge in [-0.3, -0.25) is 0 Å². The van der Waals surface area contributed by atoms with Gasteiger partial charge in [-0.05, 0) is 43.4 Å². The fraction of sp³-hybridized carbons (Fsp3) is 0.562. The summed E-state index contributed by atoms with van der Waals surface area (Å²) in [6.07, 6.45) is 2.24. The van der Waals surface area contributed by atoms with E-state index in [4.69, 9.17) is 9.47 Å². The lowest BCUT2D eigenvalue weighted by molar-refractivity contribution is 0.0558. The van der Waals surface area contributed by atoms with Gasteiger partial charge in [0.2, 0.25) is 0 Å². The second-order valence-electron chi connectivity index (χ2n) is 5.42. The first-order chi connectivity index (χ1) is 10.1. The van der Waals surface area contributed by atoms with Crippen LogP contribution in [0.2, 0.25) is 0 Å². The Labute approximate surface area is 134 Å². The highest BCUT2D eigenvalue weighted by Crippen LogP contribution is 2.22. The maximum Gasteiger partial charge on any atom is 0.337 e. The number of esters is 1. The van der Waals surface area contributed by atoms with Crippen LogP contribution in [0, 0.1) is 5.92 Å². The number of methoxy groups -OCH3 is 1. The summed E-state index contributed by atoms with van der Waals surface area (Å²) in [5.41, 5.74) is 1.70. The third-order valence-corrected chi connectivity index (χ3v) is 4.80. The number of rotatable bonds is 5. The molecule has 0 spiro atoms. The van der Waals surface area contributed by atoms with E-state index in [-0.39, 0.29) is 5.97 Å². The Morgan fingerprint density at radius 1 is 1.48 bits per heavy atom. The van der Waals surface area contributed by atoms with Crippen molar-refractivity contribution in [2.24, 2.45) is 5.92 Å². The molecule has 0 radical (unpaired) electrons. The van der Waals surface area contributed by atoms with E-state index in [1.165, 1.54) is 7.11 Å². The Balaban J connectivity index is 1.92. The van der Waals surface area contributed by atoms with Gasteiger partial charge in [-0.1, -0.05) is 22.0 Å². The van der Waals surface area contributed by atoms with Crippen LogP contribution in [0.1, 0.15) is 35.7 Å². The van der Waals surface area contributed by atoms with Crippen molar-refractivity contribution in [2.75, 3.05) is 20.3 Å². The predicted molar refractivity (Wildman–Crippen MR) is 85.3 cm³/mol. The normalized spacial score (nSPS) is 17.5. The molecule has 1 saturated heterocycles. The highest BCUT2D eigenvalue weighted by Gasteiger charge is 2.20. The zero-order valence-corrected chi connectivity index (χ0v) is 14.1. The predicted octanol–water partition coefficient (Wildman–Crippen LogP) is 3.14. The van der Waals surface area contributed by atoms with Crippen LogP contribution in [-0.4, -0.2) is 32.3 Å². The topological polar surface area (TPSA) is 47.6 Å². The van der Waals surface area contributed by atoms with Crippen molar-refractivity contribution in [1.29, 1.82) is 0 Å². The van der Waals surface area contributed by atoms with Gasteiger partial charge < -0.3 is 14.8 Å². The monoisotopic (exact) mass is 355 g/mol. The quantitative estimate of drug-likeness (QED) is 0.824. The molecule has 1 aliphatic heterocycles. The standard InChI is InChI=1S/C16H22BrNO3/c1-11(12-5-7-21-8-6-12)18-10-14-4-3-13(9-15(14)17)16(19)20-2/h3-4,9,11-12,18H,5-8,10H2,1-2H3. The third-order valence-electron chi connectivity index (χ3n) is 4.06. The first-order valence-corrected chi connectivity index (χ1v) is 8.09. The zero-order chi connectivity index (χ0) is 15.2. The van der Waals surface area contributed by atoms with E-state index in [0.717, 1.165) is 42.6 Å². The summed E-state index contributed by atoms with van der Waals surface area (Å²) in [5, 5.41) is 3.57. The minimum Gasteiger partial charge on any atom is -0.465 e. The third kappa shape index (κ3) is 4.53. The Hall–Kier alpha value is -0.910. The molecular formula is C16H22BrNO3. The average molecular weight is 356 g/mol. The molecule has 116 valence electrons. The van der Waals surface area contributed by atoms with Gasteiger partial charge in [0.05, 0.1) is 12.7 Å². The molecule has 0 amide bonds. The molecular weight excluding hydrogens is 334 g/mol. The number of halogens is 1. The van der Waals surface area contributed by atoms with Crippen LogP contribution in [-0.2, 0) is 16.0 Å². The first-order valence-electron chi connectivity index (χ1n) is 7.29. The SMILES string of the molecule is COC(=O)c1ccc(CNC(C)C2CCOCC2)c(Br)c1. The molecule has 5 heteroatoms. The van der Waals surface area contributed by atoms with Crippen LogP contribution >= 0.6 is 15.9 Å². The lowest BCUT2D eigenvalue weighted by atomic mass is 9.93. The Kier molecular flexibility index (Phi) is 6.21. The smallest absolute Gasteiger partial charge is 0.337 e. The second-order valence-corrected chi connectivity index (χ2v) is 6.27. The number of ether oxygens (including phenoxy) is 2. The fourth-order valence-corrected chi connectivity index (χ4v) is 3.11. The molecule has 1 aliphatic rings. The van der Waals surface area contributed by atoms with Crippen LogP contribution in [0.15, 0.2) is 22.7 Å². The summed E-state index contributed by atoms with van der Waals surface area (Å²) in [7, 11) is 1.39. The van der Waals surface area contributed by atoms with Gasteiger partial charge in [0.1, 0.15) is 0 Å². The van der Waals surface area contributed by atoms with E-state index in [1.807, 2.05) is 12.1 Å². The summed E-state index contributed by atoms with van der Waals surface area (Å²) in [6, 6.07) is 6.02. The largest absolute Gasteiger partial charge is 0.465 e. The zero-order valence-electron chi connectivity index (χ0n) is 12.5. The van der Waals surface area contributed by atoms with Crippen molar-refractivity contribution in [1.82, 2.24) is 5.32 Å². The van der Waals surface area contributed by atoms with Gasteiger partial charge in [-0.15, -0.1) is 0 Å². The van der Waals surface area contributed by atoms with Crippen molar-refractivity contribution in [2.45, 2.75) is 32.4 Å². The summed E-state index contributed by atoms with van der Waals surface area (Å²) in [6.45, 7) is 4.75. The molecule has 0 bridgehead atoms. The summed E-state index contributed by atoms with van der Waals surface area (Å²) in [4.78, 5) is 11.5. The minimum absolute atomic E-state index is 0.314. The maximum atomic E-state index is 11.5. The molecule has 4 nitrogen and oxygen atoms in total. The van der Waals surface area contributed by atoms with Crippen molar-refractivity contribution in [3.63, 3.8) is 0 Å². The van der Waals surface area contributed by atoms with Gasteiger partial charge in [0, 0.05) is 30.3 Å². The van der Waals surface area contributed by atoms with Crippen LogP contribution in [0.3, 0.4) is 0 Å². The maximum absolute atomic E-state index is 11.5. The molecule has 1 heterocycles. The van der Waals surface area contributed by atoms with E-state index in [9.17, 15) is 4.79 Å². The lowest BCUT2D eigenvalue weighted by Gasteiger charge is -2.28. The van der Waals surface area contributed by atoms with E-state index in [1.54, 1.807) is 6.07 Å². The summed E-state index contributed by atoms with van der Waals surface area (Å²) in [5.74, 6) is 0.359. The summed E-state index contributed by atoms with van der Waals surface area (Å²) < 4.78 is 11.0. The molecule has 1 atom stereocenters. The molecule has 0 aliphatic carbocycles. The molecule has 2 rings (SSSR count). The van der Waals surface area contributed by atoms with Crippen LogP contribution in [0.25, 0.3) is 0 Å². The fourth-order valence-electron chi connectivity index (χ4n) is 2.59. The molecule has 1 fully saturated rings. The molecule has 1 N–H and O–H groups in total. The van der Waals surface area contributed by atoms with E-state index >= 15 is 0 Å². The van der Waals surface area contributed by atoms with Gasteiger partial charge in [-0.25, -0.2) is 4.79 Å². The van der Waals surface area contributed by atoms with Crippen molar-refractivity contribution in [3.8, 4) is 0 Å². The number of carbonyl (C=O) groups is 1. The van der Waals surface area contributed by atoms with Gasteiger partial charge in [-0.2, -0.15) is 0 Å². The van der Waals surface area contributed by atoms with Crippen molar-refractivity contribution < 1.29 is 14.3 Å². The van der Waals surface area contributed by atoms with Crippen molar-refractivity contribution >= 4 is 21.9 Å². The minimum atomic E-state index is -0.314. The number of benzene rings is 1. The van der Waals surface area contributed by atoms with Gasteiger partial charge >= 0.3 is 5.97 Å². The Morgan fingerprint density at radius 2 is 2.19 bits per heavy atom. The molecule has 0 saturated carbocycles. The highest BCUT2D eigenvalue weighted by atomic mass is 79.9. The molecule has 0 aromatic heterocycles. The van der Waals surface area contributed by atoms with E-state index < -0.39 is 0 Å². The van der Waals surface area contributed by atoms with Crippen LogP contribution < -0.4 is 5.32 Å². The lowest BCUT2D eigenvalue weighted by Crippen LogP contribution is -2.36. The van der Waals surface area contributed by atoms with E-state index in [0.29, 0.717) is 17.5 Å². The average Bonchev–Trinajstić information content (AvgIpc) is 2.53. The first kappa shape index (κ1) is 16.5. The summed E-state index contributed by atoms with van der Waals surface area (Å²) >= 11 is 3.52. The molecule has 1 aromatic rings. The van der Waals surface area contributed by atoms with Crippen LogP contribution in [0.5, 0.6) is 0 Å². The highest BCUT2D eigenvalue weighted by molar-refractivity contribution is 9.10. The van der Waals surface area contributed by atoms with Gasteiger partial charge in [0.25, 0.3) is 0 Å². The number of carbonyl (C=O) groups excluding carboxylic acids is 1. The Bertz CT molecular complexity index is 486. The molecule has 21 heavy (non-hydrogen) atoms. The number of hydrogen-bond donors (Lipinski definition) is 1. The number of nitrogens with one attached hydrogen (secondary N) is 1. The second kappa shape index (κ2) is 7.92. The van der Waals surface area contributed by atoms with Gasteiger partial charge in [0.15, 0.2) is 0 Å². The van der Waals surface area contributed by atoms with Crippen molar-refractivity contribution in [3.05, 3.63) is 33.8 Å². The van der Waals surface area contributed by atoms with Crippen LogP contribution in [0.4, 0.5) is 0 Å². The Morgan fingerprint density at radius 3 is 2.81 bits per heavy atom. The van der Waals surface area contributed by atoms with E-state index in [2.05, 4.69) is 28.2 Å². The molecule has 1 aromatic carbocycles. The number of hydrogen-bond acceptors (Lipinski definition) is 4. The molecule has 1 unspecified atom stereocenters.